The van der Waals surface area contributed by atoms with Crippen LogP contribution in [0.25, 0.3) is 11.1 Å². The van der Waals surface area contributed by atoms with E-state index < -0.39 is 12.1 Å². The third-order valence-corrected chi connectivity index (χ3v) is 4.08. The molecule has 28 heavy (non-hydrogen) atoms. The van der Waals surface area contributed by atoms with Gasteiger partial charge in [0.15, 0.2) is 0 Å². The summed E-state index contributed by atoms with van der Waals surface area (Å²) in [6.07, 6.45) is -3.25. The van der Waals surface area contributed by atoms with E-state index in [1.807, 2.05) is 6.07 Å². The molecule has 0 saturated heterocycles. The van der Waals surface area contributed by atoms with Crippen molar-refractivity contribution in [2.75, 3.05) is 0 Å². The van der Waals surface area contributed by atoms with Gasteiger partial charge in [-0.05, 0) is 42.2 Å². The maximum absolute atomic E-state index is 14.1. The molecule has 0 aromatic heterocycles. The number of benzene rings is 2. The molecule has 4 nitrogen and oxygen atoms in total. The van der Waals surface area contributed by atoms with Gasteiger partial charge in [0.05, 0.1) is 12.7 Å². The highest BCUT2D eigenvalue weighted by Gasteiger charge is 2.38. The fraction of sp³-hybridized carbons (Fsp3) is 0.316. The average Bonchev–Trinajstić information content (AvgIpc) is 2.59. The molecule has 0 bridgehead atoms. The first-order valence-electron chi connectivity index (χ1n) is 8.28. The number of carboxylic acids is 1. The SMILES string of the molecule is NC1CC(OCc2ccc(-c3ccc(F)cc3)cc2F)C1.O=C(O)C(F)(F)F. The minimum atomic E-state index is -5.08. The molecule has 152 valence electrons. The molecule has 0 aliphatic heterocycles. The molecule has 1 aliphatic rings. The number of carboxylic acid groups (broad SMARTS) is 1. The maximum atomic E-state index is 14.1. The number of ether oxygens (including phenoxy) is 1. The summed E-state index contributed by atoms with van der Waals surface area (Å²) in [6, 6.07) is 11.2. The van der Waals surface area contributed by atoms with Crippen LogP contribution in [0, 0.1) is 11.6 Å². The van der Waals surface area contributed by atoms with Crippen molar-refractivity contribution in [1.29, 1.82) is 0 Å². The Labute approximate surface area is 157 Å². The van der Waals surface area contributed by atoms with Crippen molar-refractivity contribution in [2.45, 2.75) is 37.8 Å². The van der Waals surface area contributed by atoms with Gasteiger partial charge in [-0.3, -0.25) is 0 Å². The Kier molecular flexibility index (Phi) is 7.09. The minimum Gasteiger partial charge on any atom is -0.475 e. The van der Waals surface area contributed by atoms with Gasteiger partial charge in [-0.15, -0.1) is 0 Å². The highest BCUT2D eigenvalue weighted by molar-refractivity contribution is 5.73. The van der Waals surface area contributed by atoms with Crippen LogP contribution in [0.1, 0.15) is 18.4 Å². The van der Waals surface area contributed by atoms with E-state index in [9.17, 15) is 22.0 Å². The molecule has 1 saturated carbocycles. The lowest BCUT2D eigenvalue weighted by atomic mass is 9.90. The summed E-state index contributed by atoms with van der Waals surface area (Å²) in [5, 5.41) is 7.12. The molecule has 0 radical (unpaired) electrons. The first-order chi connectivity index (χ1) is 13.1. The van der Waals surface area contributed by atoms with Crippen LogP contribution in [0.4, 0.5) is 22.0 Å². The Morgan fingerprint density at radius 1 is 1.07 bits per heavy atom. The maximum Gasteiger partial charge on any atom is 0.490 e. The molecule has 0 atom stereocenters. The van der Waals surface area contributed by atoms with E-state index in [2.05, 4.69) is 0 Å². The monoisotopic (exact) mass is 403 g/mol. The van der Waals surface area contributed by atoms with E-state index in [1.54, 1.807) is 18.2 Å². The number of carbonyl (C=O) groups is 1. The molecular weight excluding hydrogens is 385 g/mol. The predicted molar refractivity (Wildman–Crippen MR) is 91.3 cm³/mol. The standard InChI is InChI=1S/C17H17F2NO.C2HF3O2/c18-14-5-3-11(4-6-14)12-1-2-13(17(19)7-12)10-21-16-8-15(20)9-16;3-2(4,5)1(6)7/h1-7,15-16H,8-10,20H2;(H,6,7). The van der Waals surface area contributed by atoms with Gasteiger partial charge in [0.2, 0.25) is 0 Å². The van der Waals surface area contributed by atoms with Crippen molar-refractivity contribution in [3.8, 4) is 11.1 Å². The number of alkyl halides is 3. The van der Waals surface area contributed by atoms with Crippen molar-refractivity contribution in [3.05, 3.63) is 59.7 Å². The highest BCUT2D eigenvalue weighted by atomic mass is 19.4. The van der Waals surface area contributed by atoms with Crippen molar-refractivity contribution in [2.24, 2.45) is 5.73 Å². The second kappa shape index (κ2) is 9.11. The zero-order valence-corrected chi connectivity index (χ0v) is 14.5. The van der Waals surface area contributed by atoms with Crippen LogP contribution in [-0.4, -0.2) is 29.4 Å². The van der Waals surface area contributed by atoms with Gasteiger partial charge in [-0.1, -0.05) is 24.3 Å². The van der Waals surface area contributed by atoms with E-state index in [0.29, 0.717) is 5.56 Å². The Hall–Kier alpha value is -2.52. The van der Waals surface area contributed by atoms with Crippen LogP contribution in [0.2, 0.25) is 0 Å². The molecular formula is C19H18F5NO3. The molecule has 1 fully saturated rings. The Morgan fingerprint density at radius 3 is 2.07 bits per heavy atom. The molecule has 1 aliphatic carbocycles. The third kappa shape index (κ3) is 6.28. The summed E-state index contributed by atoms with van der Waals surface area (Å²) in [7, 11) is 0. The van der Waals surface area contributed by atoms with Gasteiger partial charge < -0.3 is 15.6 Å². The van der Waals surface area contributed by atoms with Gasteiger partial charge in [-0.25, -0.2) is 13.6 Å². The minimum absolute atomic E-state index is 0.149. The summed E-state index contributed by atoms with van der Waals surface area (Å²) in [5.74, 6) is -3.36. The summed E-state index contributed by atoms with van der Waals surface area (Å²) in [5.41, 5.74) is 7.72. The highest BCUT2D eigenvalue weighted by Crippen LogP contribution is 2.25. The van der Waals surface area contributed by atoms with E-state index in [-0.39, 0.29) is 30.4 Å². The molecule has 0 amide bonds. The van der Waals surface area contributed by atoms with Crippen molar-refractivity contribution >= 4 is 5.97 Å². The second-order valence-electron chi connectivity index (χ2n) is 6.28. The summed E-state index contributed by atoms with van der Waals surface area (Å²) >= 11 is 0. The van der Waals surface area contributed by atoms with Crippen LogP contribution in [0.5, 0.6) is 0 Å². The van der Waals surface area contributed by atoms with Crippen LogP contribution in [-0.2, 0) is 16.1 Å². The van der Waals surface area contributed by atoms with Crippen molar-refractivity contribution in [3.63, 3.8) is 0 Å². The Bertz CT molecular complexity index is 802. The van der Waals surface area contributed by atoms with Crippen LogP contribution in [0.3, 0.4) is 0 Å². The van der Waals surface area contributed by atoms with Gasteiger partial charge in [-0.2, -0.15) is 13.2 Å². The fourth-order valence-electron chi connectivity index (χ4n) is 2.44. The number of aliphatic carboxylic acids is 1. The fourth-order valence-corrected chi connectivity index (χ4v) is 2.44. The van der Waals surface area contributed by atoms with E-state index in [1.165, 1.54) is 18.2 Å². The molecule has 2 aromatic carbocycles. The van der Waals surface area contributed by atoms with Crippen LogP contribution >= 0.6 is 0 Å². The zero-order valence-electron chi connectivity index (χ0n) is 14.5. The number of hydrogen-bond donors (Lipinski definition) is 2. The lowest BCUT2D eigenvalue weighted by Crippen LogP contribution is -2.41. The molecule has 0 spiro atoms. The summed E-state index contributed by atoms with van der Waals surface area (Å²) < 4.78 is 64.3. The molecule has 0 unspecified atom stereocenters. The number of nitrogens with two attached hydrogens (primary N) is 1. The normalized spacial score (nSPS) is 18.6. The quantitative estimate of drug-likeness (QED) is 0.748. The van der Waals surface area contributed by atoms with E-state index in [0.717, 1.165) is 24.0 Å². The summed E-state index contributed by atoms with van der Waals surface area (Å²) in [4.78, 5) is 8.90. The van der Waals surface area contributed by atoms with Gasteiger partial charge in [0.1, 0.15) is 11.6 Å². The second-order valence-corrected chi connectivity index (χ2v) is 6.28. The van der Waals surface area contributed by atoms with E-state index in [4.69, 9.17) is 20.4 Å². The largest absolute Gasteiger partial charge is 0.490 e. The smallest absolute Gasteiger partial charge is 0.475 e. The molecule has 3 N–H and O–H groups in total. The van der Waals surface area contributed by atoms with Gasteiger partial charge in [0, 0.05) is 11.6 Å². The number of hydrogen-bond acceptors (Lipinski definition) is 3. The van der Waals surface area contributed by atoms with Crippen LogP contribution in [0.15, 0.2) is 42.5 Å². The lowest BCUT2D eigenvalue weighted by Gasteiger charge is -2.32. The van der Waals surface area contributed by atoms with Gasteiger partial charge in [0.25, 0.3) is 0 Å². The lowest BCUT2D eigenvalue weighted by molar-refractivity contribution is -0.192. The number of halogens is 5. The Morgan fingerprint density at radius 2 is 1.61 bits per heavy atom. The first kappa shape index (κ1) is 21.8. The number of rotatable bonds is 4. The molecule has 2 aromatic rings. The molecule has 9 heteroatoms. The van der Waals surface area contributed by atoms with Crippen LogP contribution < -0.4 is 5.73 Å². The van der Waals surface area contributed by atoms with Gasteiger partial charge >= 0.3 is 12.1 Å². The first-order valence-corrected chi connectivity index (χ1v) is 8.28. The summed E-state index contributed by atoms with van der Waals surface area (Å²) in [6.45, 7) is 0.257. The predicted octanol–water partition coefficient (Wildman–Crippen LogP) is 4.27. The van der Waals surface area contributed by atoms with Crippen molar-refractivity contribution < 1.29 is 36.6 Å². The topological polar surface area (TPSA) is 72.5 Å². The zero-order chi connectivity index (χ0) is 20.9. The van der Waals surface area contributed by atoms with Crippen molar-refractivity contribution in [1.82, 2.24) is 0 Å². The molecule has 0 heterocycles. The van der Waals surface area contributed by atoms with E-state index >= 15 is 0 Å². The average molecular weight is 403 g/mol. The molecule has 3 rings (SSSR count). The Balaban J connectivity index is 0.000000345. The third-order valence-electron chi connectivity index (χ3n) is 4.08.